The lowest BCUT2D eigenvalue weighted by molar-refractivity contribution is -0.167. The van der Waals surface area contributed by atoms with Crippen LogP contribution >= 0.6 is 0 Å². The van der Waals surface area contributed by atoms with Crippen molar-refractivity contribution in [3.63, 3.8) is 0 Å². The second-order valence-electron chi connectivity index (χ2n) is 20.6. The van der Waals surface area contributed by atoms with Gasteiger partial charge in [-0.2, -0.15) is 0 Å². The summed E-state index contributed by atoms with van der Waals surface area (Å²) in [5.74, 6) is -0.987. The Bertz CT molecular complexity index is 1780. The van der Waals surface area contributed by atoms with Crippen molar-refractivity contribution in [3.05, 3.63) is 158 Å². The fourth-order valence-electron chi connectivity index (χ4n) is 8.31. The zero-order valence-electron chi connectivity index (χ0n) is 50.8. The summed E-state index contributed by atoms with van der Waals surface area (Å²) in [7, 11) is 0. The van der Waals surface area contributed by atoms with Crippen LogP contribution in [0.25, 0.3) is 0 Å². The third-order valence-electron chi connectivity index (χ3n) is 13.0. The van der Waals surface area contributed by atoms with Crippen molar-refractivity contribution in [1.82, 2.24) is 0 Å². The van der Waals surface area contributed by atoms with Gasteiger partial charge in [0.15, 0.2) is 6.10 Å². The van der Waals surface area contributed by atoms with Gasteiger partial charge in [-0.15, -0.1) is 0 Å². The minimum Gasteiger partial charge on any atom is -0.462 e. The standard InChI is InChI=1S/C73H116O6/c1-4-7-10-13-16-19-22-25-28-29-30-31-32-33-34-35-36-37-38-39-40-41-42-43-46-48-51-54-57-60-63-66-72(75)78-69-70(79-73(76)67-64-61-58-55-52-49-45-27-24-21-18-15-12-9-6-3)68-77-71(74)65-62-59-56-53-50-47-44-26-23-20-17-14-11-8-5-2/h7,9-10,12,16,18-19,21,25,27-28,30-31,33-34,36-37,39-40,42-43,45,48,51-52,55,70H,4-6,8,11,13-15,17,20,22-24,26,29,32,35,38,41,44,46-47,49-50,53-54,56-69H2,1-3H3/b10-7-,12-9-,19-16-,21-18-,28-25-,31-30-,34-33-,37-36-,40-39-,43-42-,45-27-,51-48-,55-52-. The van der Waals surface area contributed by atoms with Crippen LogP contribution in [0.4, 0.5) is 0 Å². The molecule has 0 aliphatic heterocycles. The van der Waals surface area contributed by atoms with Gasteiger partial charge >= 0.3 is 17.9 Å². The lowest BCUT2D eigenvalue weighted by atomic mass is 10.0. The van der Waals surface area contributed by atoms with Crippen LogP contribution in [0.3, 0.4) is 0 Å². The quantitative estimate of drug-likeness (QED) is 0.0261. The van der Waals surface area contributed by atoms with E-state index < -0.39 is 6.10 Å². The third-order valence-corrected chi connectivity index (χ3v) is 13.0. The summed E-state index contributed by atoms with van der Waals surface area (Å²) in [5, 5.41) is 0. The number of carbonyl (C=O) groups is 3. The predicted molar refractivity (Wildman–Crippen MR) is 343 cm³/mol. The number of allylic oxidation sites excluding steroid dienone is 26. The van der Waals surface area contributed by atoms with Crippen LogP contribution < -0.4 is 0 Å². The third kappa shape index (κ3) is 63.7. The molecule has 444 valence electrons. The van der Waals surface area contributed by atoms with Crippen molar-refractivity contribution < 1.29 is 28.6 Å². The molecule has 0 aliphatic carbocycles. The minimum absolute atomic E-state index is 0.109. The number of unbranched alkanes of at least 4 members (excludes halogenated alkanes) is 19. The van der Waals surface area contributed by atoms with E-state index in [2.05, 4.69) is 179 Å². The first kappa shape index (κ1) is 74.0. The number of esters is 3. The Morgan fingerprint density at radius 1 is 0.266 bits per heavy atom. The van der Waals surface area contributed by atoms with E-state index in [1.54, 1.807) is 0 Å². The summed E-state index contributed by atoms with van der Waals surface area (Å²) >= 11 is 0. The second-order valence-corrected chi connectivity index (χ2v) is 20.6. The van der Waals surface area contributed by atoms with Crippen molar-refractivity contribution in [2.75, 3.05) is 13.2 Å². The van der Waals surface area contributed by atoms with Gasteiger partial charge in [-0.3, -0.25) is 14.4 Å². The molecule has 79 heavy (non-hydrogen) atoms. The lowest BCUT2D eigenvalue weighted by Crippen LogP contribution is -2.30. The summed E-state index contributed by atoms with van der Waals surface area (Å²) in [6.07, 6.45) is 95.4. The van der Waals surface area contributed by atoms with Gasteiger partial charge in [-0.1, -0.05) is 275 Å². The van der Waals surface area contributed by atoms with E-state index in [4.69, 9.17) is 14.2 Å². The van der Waals surface area contributed by atoms with Crippen LogP contribution in [0, 0.1) is 0 Å². The second kappa shape index (κ2) is 65.5. The molecule has 0 saturated carbocycles. The molecule has 0 N–H and O–H groups in total. The zero-order valence-corrected chi connectivity index (χ0v) is 50.8. The summed E-state index contributed by atoms with van der Waals surface area (Å²) in [5.41, 5.74) is 0. The van der Waals surface area contributed by atoms with Gasteiger partial charge in [0.2, 0.25) is 0 Å². The lowest BCUT2D eigenvalue weighted by Gasteiger charge is -2.18. The van der Waals surface area contributed by atoms with Crippen LogP contribution in [-0.2, 0) is 28.6 Å². The number of carbonyl (C=O) groups excluding carboxylic acids is 3. The van der Waals surface area contributed by atoms with Crippen molar-refractivity contribution in [1.29, 1.82) is 0 Å². The monoisotopic (exact) mass is 1090 g/mol. The van der Waals surface area contributed by atoms with E-state index in [0.717, 1.165) is 141 Å². The largest absolute Gasteiger partial charge is 0.462 e. The number of ether oxygens (including phenoxy) is 3. The number of rotatable bonds is 56. The van der Waals surface area contributed by atoms with Gasteiger partial charge in [-0.05, 0) is 128 Å². The van der Waals surface area contributed by atoms with Crippen LogP contribution in [0.15, 0.2) is 158 Å². The maximum atomic E-state index is 12.9. The smallest absolute Gasteiger partial charge is 0.306 e. The Hall–Kier alpha value is -4.97. The fourth-order valence-corrected chi connectivity index (χ4v) is 8.31. The number of hydrogen-bond acceptors (Lipinski definition) is 6. The molecule has 0 spiro atoms. The summed E-state index contributed by atoms with van der Waals surface area (Å²) in [4.78, 5) is 38.3. The number of hydrogen-bond donors (Lipinski definition) is 0. The molecule has 0 amide bonds. The average molecular weight is 1090 g/mol. The molecular formula is C73H116O6. The molecule has 0 aromatic heterocycles. The SMILES string of the molecule is CC/C=C\C/C=C\C/C=C\C/C=C\C/C=C\C/C=C\C/C=C\C/C=C\C/C=C\CCCCCC(=O)OCC(COC(=O)CCCCCCCCCCCCCCCCC)OC(=O)CCCC/C=C\C/C=C\C/C=C\C/C=C\CC. The Morgan fingerprint density at radius 3 is 0.797 bits per heavy atom. The Kier molecular flexibility index (Phi) is 61.4. The molecule has 6 heteroatoms. The van der Waals surface area contributed by atoms with E-state index >= 15 is 0 Å². The molecular weight excluding hydrogens is 973 g/mol. The topological polar surface area (TPSA) is 78.9 Å². The van der Waals surface area contributed by atoms with Crippen molar-refractivity contribution in [3.8, 4) is 0 Å². The molecule has 0 aromatic rings. The highest BCUT2D eigenvalue weighted by molar-refractivity contribution is 5.71. The summed E-state index contributed by atoms with van der Waals surface area (Å²) < 4.78 is 16.8. The van der Waals surface area contributed by atoms with E-state index in [0.29, 0.717) is 19.3 Å². The van der Waals surface area contributed by atoms with Gasteiger partial charge in [0.25, 0.3) is 0 Å². The average Bonchev–Trinajstić information content (AvgIpc) is 3.45. The van der Waals surface area contributed by atoms with Gasteiger partial charge < -0.3 is 14.2 Å². The Balaban J connectivity index is 4.43. The van der Waals surface area contributed by atoms with Crippen LogP contribution in [0.2, 0.25) is 0 Å². The molecule has 0 aromatic carbocycles. The molecule has 0 rings (SSSR count). The fraction of sp³-hybridized carbons (Fsp3) is 0.603. The summed E-state index contributed by atoms with van der Waals surface area (Å²) in [6.45, 7) is 6.35. The van der Waals surface area contributed by atoms with Gasteiger partial charge in [0.1, 0.15) is 13.2 Å². The molecule has 6 nitrogen and oxygen atoms in total. The Morgan fingerprint density at radius 2 is 0.494 bits per heavy atom. The highest BCUT2D eigenvalue weighted by atomic mass is 16.6. The molecule has 0 fully saturated rings. The highest BCUT2D eigenvalue weighted by Gasteiger charge is 2.19. The van der Waals surface area contributed by atoms with Crippen LogP contribution in [0.5, 0.6) is 0 Å². The highest BCUT2D eigenvalue weighted by Crippen LogP contribution is 2.15. The molecule has 0 heterocycles. The Labute approximate surface area is 486 Å². The molecule has 1 atom stereocenters. The van der Waals surface area contributed by atoms with Crippen LogP contribution in [0.1, 0.15) is 265 Å². The first-order valence-corrected chi connectivity index (χ1v) is 32.0. The molecule has 0 bridgehead atoms. The van der Waals surface area contributed by atoms with Gasteiger partial charge in [0.05, 0.1) is 0 Å². The first-order valence-electron chi connectivity index (χ1n) is 32.0. The summed E-state index contributed by atoms with van der Waals surface area (Å²) in [6, 6.07) is 0. The maximum Gasteiger partial charge on any atom is 0.306 e. The predicted octanol–water partition coefficient (Wildman–Crippen LogP) is 22.1. The van der Waals surface area contributed by atoms with Gasteiger partial charge in [0, 0.05) is 19.3 Å². The van der Waals surface area contributed by atoms with E-state index in [1.807, 2.05) is 0 Å². The van der Waals surface area contributed by atoms with Crippen molar-refractivity contribution >= 4 is 17.9 Å². The molecule has 0 radical (unpaired) electrons. The van der Waals surface area contributed by atoms with E-state index in [1.165, 1.54) is 77.0 Å². The minimum atomic E-state index is -0.820. The van der Waals surface area contributed by atoms with Crippen LogP contribution in [-0.4, -0.2) is 37.2 Å². The van der Waals surface area contributed by atoms with E-state index in [9.17, 15) is 14.4 Å². The zero-order chi connectivity index (χ0) is 57.1. The van der Waals surface area contributed by atoms with E-state index in [-0.39, 0.29) is 37.5 Å². The van der Waals surface area contributed by atoms with Gasteiger partial charge in [-0.25, -0.2) is 0 Å². The normalized spacial score (nSPS) is 13.2. The van der Waals surface area contributed by atoms with Crippen molar-refractivity contribution in [2.24, 2.45) is 0 Å². The van der Waals surface area contributed by atoms with Crippen molar-refractivity contribution in [2.45, 2.75) is 271 Å². The first-order chi connectivity index (χ1) is 39.0. The molecule has 0 saturated heterocycles. The molecule has 1 unspecified atom stereocenters. The molecule has 0 aliphatic rings. The maximum absolute atomic E-state index is 12.9.